The minimum Gasteiger partial charge on any atom is -0.341 e. The predicted octanol–water partition coefficient (Wildman–Crippen LogP) is 3.20. The third-order valence-electron chi connectivity index (χ3n) is 3.21. The largest absolute Gasteiger partial charge is 0.341 e. The van der Waals surface area contributed by atoms with Crippen molar-refractivity contribution in [3.63, 3.8) is 0 Å². The lowest BCUT2D eigenvalue weighted by molar-refractivity contribution is 0.501. The van der Waals surface area contributed by atoms with E-state index >= 15 is 0 Å². The molecule has 3 nitrogen and oxygen atoms in total. The molecule has 5 heteroatoms. The molecule has 1 aliphatic rings. The van der Waals surface area contributed by atoms with Crippen LogP contribution in [-0.4, -0.2) is 27.5 Å². The number of fused-ring (bicyclic) bond motifs is 1. The van der Waals surface area contributed by atoms with Gasteiger partial charge in [-0.25, -0.2) is 4.98 Å². The summed E-state index contributed by atoms with van der Waals surface area (Å²) >= 11 is 8.00. The minimum atomic E-state index is 0.626. The van der Waals surface area contributed by atoms with E-state index in [9.17, 15) is 0 Å². The number of aromatic amines is 1. The number of aromatic nitrogens is 2. The first-order chi connectivity index (χ1) is 8.81. The summed E-state index contributed by atoms with van der Waals surface area (Å²) < 4.78 is 0. The molecule has 96 valence electrons. The summed E-state index contributed by atoms with van der Waals surface area (Å²) in [5.74, 6) is 3.51. The molecule has 0 saturated carbocycles. The average Bonchev–Trinajstić information content (AvgIpc) is 2.79. The van der Waals surface area contributed by atoms with Gasteiger partial charge in [0.2, 0.25) is 0 Å². The van der Waals surface area contributed by atoms with Gasteiger partial charge in [0, 0.05) is 16.8 Å². The maximum atomic E-state index is 5.96. The summed E-state index contributed by atoms with van der Waals surface area (Å²) in [6.45, 7) is 0.803. The average molecular weight is 282 g/mol. The van der Waals surface area contributed by atoms with Crippen molar-refractivity contribution in [1.29, 1.82) is 0 Å². The summed E-state index contributed by atoms with van der Waals surface area (Å²) in [5.41, 5.74) is 1.99. The summed E-state index contributed by atoms with van der Waals surface area (Å²) in [6, 6.07) is 6.37. The van der Waals surface area contributed by atoms with E-state index < -0.39 is 0 Å². The SMILES string of the molecule is Clc1ccc2nc(CN[C@H]3CCCSC3)[nH]c2c1. The first kappa shape index (κ1) is 12.3. The van der Waals surface area contributed by atoms with Crippen LogP contribution in [-0.2, 0) is 6.54 Å². The Bertz CT molecular complexity index is 534. The Morgan fingerprint density at radius 1 is 1.50 bits per heavy atom. The number of halogens is 1. The predicted molar refractivity (Wildman–Crippen MR) is 78.3 cm³/mol. The van der Waals surface area contributed by atoms with Crippen LogP contribution in [0.5, 0.6) is 0 Å². The van der Waals surface area contributed by atoms with Gasteiger partial charge in [-0.2, -0.15) is 11.8 Å². The summed E-state index contributed by atoms with van der Waals surface area (Å²) in [4.78, 5) is 7.87. The quantitative estimate of drug-likeness (QED) is 0.908. The lowest BCUT2D eigenvalue weighted by Gasteiger charge is -2.21. The molecule has 1 fully saturated rings. The standard InChI is InChI=1S/C13H16ClN3S/c14-9-3-4-11-12(6-9)17-13(16-11)7-15-10-2-1-5-18-8-10/h3-4,6,10,15H,1-2,5,7-8H2,(H,16,17)/t10-/m0/s1. The zero-order chi connectivity index (χ0) is 12.4. The number of nitrogens with zero attached hydrogens (tertiary/aromatic N) is 1. The minimum absolute atomic E-state index is 0.626. The first-order valence-electron chi connectivity index (χ1n) is 6.26. The van der Waals surface area contributed by atoms with Crippen LogP contribution in [0, 0.1) is 0 Å². The molecular formula is C13H16ClN3S. The maximum Gasteiger partial charge on any atom is 0.121 e. The van der Waals surface area contributed by atoms with E-state index in [1.54, 1.807) is 0 Å². The van der Waals surface area contributed by atoms with E-state index in [4.69, 9.17) is 11.6 Å². The molecule has 0 spiro atoms. The van der Waals surface area contributed by atoms with Gasteiger partial charge in [0.15, 0.2) is 0 Å². The van der Waals surface area contributed by atoms with Gasteiger partial charge >= 0.3 is 0 Å². The highest BCUT2D eigenvalue weighted by molar-refractivity contribution is 7.99. The molecule has 2 heterocycles. The number of imidazole rings is 1. The first-order valence-corrected chi connectivity index (χ1v) is 7.80. The number of hydrogen-bond donors (Lipinski definition) is 2. The molecule has 2 N–H and O–H groups in total. The van der Waals surface area contributed by atoms with Gasteiger partial charge in [-0.15, -0.1) is 0 Å². The highest BCUT2D eigenvalue weighted by atomic mass is 35.5. The zero-order valence-electron chi connectivity index (χ0n) is 10.1. The van der Waals surface area contributed by atoms with Gasteiger partial charge in [0.1, 0.15) is 5.82 Å². The number of rotatable bonds is 3. The third kappa shape index (κ3) is 2.82. The zero-order valence-corrected chi connectivity index (χ0v) is 11.7. The van der Waals surface area contributed by atoms with E-state index in [0.29, 0.717) is 6.04 Å². The molecule has 0 aliphatic carbocycles. The van der Waals surface area contributed by atoms with Gasteiger partial charge in [0.25, 0.3) is 0 Å². The van der Waals surface area contributed by atoms with Gasteiger partial charge < -0.3 is 10.3 Å². The summed E-state index contributed by atoms with van der Waals surface area (Å²) in [7, 11) is 0. The molecule has 3 rings (SSSR count). The Morgan fingerprint density at radius 3 is 3.28 bits per heavy atom. The van der Waals surface area contributed by atoms with Crippen molar-refractivity contribution in [2.75, 3.05) is 11.5 Å². The molecule has 1 aromatic carbocycles. The molecule has 0 radical (unpaired) electrons. The van der Waals surface area contributed by atoms with Crippen LogP contribution in [0.1, 0.15) is 18.7 Å². The molecule has 0 unspecified atom stereocenters. The van der Waals surface area contributed by atoms with E-state index in [-0.39, 0.29) is 0 Å². The van der Waals surface area contributed by atoms with Gasteiger partial charge in [0.05, 0.1) is 17.6 Å². The molecule has 1 aromatic heterocycles. The maximum absolute atomic E-state index is 5.96. The second-order valence-electron chi connectivity index (χ2n) is 4.64. The highest BCUT2D eigenvalue weighted by Crippen LogP contribution is 2.19. The van der Waals surface area contributed by atoms with Crippen molar-refractivity contribution in [1.82, 2.24) is 15.3 Å². The normalized spacial score (nSPS) is 20.4. The number of H-pyrrole nitrogens is 1. The van der Waals surface area contributed by atoms with Crippen LogP contribution < -0.4 is 5.32 Å². The highest BCUT2D eigenvalue weighted by Gasteiger charge is 2.13. The van der Waals surface area contributed by atoms with Crippen LogP contribution in [0.2, 0.25) is 5.02 Å². The van der Waals surface area contributed by atoms with Crippen LogP contribution in [0.15, 0.2) is 18.2 Å². The monoisotopic (exact) mass is 281 g/mol. The second kappa shape index (κ2) is 5.51. The fraction of sp³-hybridized carbons (Fsp3) is 0.462. The van der Waals surface area contributed by atoms with Gasteiger partial charge in [-0.05, 0) is 36.8 Å². The molecule has 1 atom stereocenters. The number of nitrogens with one attached hydrogen (secondary N) is 2. The Morgan fingerprint density at radius 2 is 2.44 bits per heavy atom. The Balaban J connectivity index is 1.67. The van der Waals surface area contributed by atoms with Gasteiger partial charge in [-0.1, -0.05) is 11.6 Å². The lowest BCUT2D eigenvalue weighted by Crippen LogP contribution is -2.33. The molecule has 2 aromatic rings. The Hall–Kier alpha value is -0.710. The van der Waals surface area contributed by atoms with E-state index in [0.717, 1.165) is 28.4 Å². The van der Waals surface area contributed by atoms with E-state index in [2.05, 4.69) is 15.3 Å². The Kier molecular flexibility index (Phi) is 3.77. The molecule has 1 saturated heterocycles. The van der Waals surface area contributed by atoms with Crippen LogP contribution in [0.3, 0.4) is 0 Å². The van der Waals surface area contributed by atoms with Crippen LogP contribution >= 0.6 is 23.4 Å². The number of hydrogen-bond acceptors (Lipinski definition) is 3. The second-order valence-corrected chi connectivity index (χ2v) is 6.23. The molecule has 1 aliphatic heterocycles. The molecular weight excluding hydrogens is 266 g/mol. The van der Waals surface area contributed by atoms with Crippen molar-refractivity contribution in [3.8, 4) is 0 Å². The third-order valence-corrected chi connectivity index (χ3v) is 4.66. The molecule has 0 bridgehead atoms. The van der Waals surface area contributed by atoms with Crippen molar-refractivity contribution in [2.24, 2.45) is 0 Å². The number of benzene rings is 1. The summed E-state index contributed by atoms with van der Waals surface area (Å²) in [6.07, 6.45) is 2.59. The molecule has 0 amide bonds. The Labute approximate surface area is 116 Å². The van der Waals surface area contributed by atoms with Gasteiger partial charge in [-0.3, -0.25) is 0 Å². The van der Waals surface area contributed by atoms with Crippen LogP contribution in [0.25, 0.3) is 11.0 Å². The van der Waals surface area contributed by atoms with Crippen molar-refractivity contribution in [3.05, 3.63) is 29.0 Å². The van der Waals surface area contributed by atoms with E-state index in [1.807, 2.05) is 30.0 Å². The smallest absolute Gasteiger partial charge is 0.121 e. The van der Waals surface area contributed by atoms with Crippen LogP contribution in [0.4, 0.5) is 0 Å². The fourth-order valence-electron chi connectivity index (χ4n) is 2.26. The molecule has 18 heavy (non-hydrogen) atoms. The van der Waals surface area contributed by atoms with Crippen molar-refractivity contribution in [2.45, 2.75) is 25.4 Å². The van der Waals surface area contributed by atoms with E-state index in [1.165, 1.54) is 24.3 Å². The number of thioether (sulfide) groups is 1. The van der Waals surface area contributed by atoms with Crippen molar-refractivity contribution < 1.29 is 0 Å². The lowest BCUT2D eigenvalue weighted by atomic mass is 10.2. The fourth-order valence-corrected chi connectivity index (χ4v) is 3.54. The van der Waals surface area contributed by atoms with Crippen molar-refractivity contribution >= 4 is 34.4 Å². The summed E-state index contributed by atoms with van der Waals surface area (Å²) in [5, 5.41) is 4.31. The topological polar surface area (TPSA) is 40.7 Å².